The van der Waals surface area contributed by atoms with Gasteiger partial charge in [0.1, 0.15) is 12.4 Å². The lowest BCUT2D eigenvalue weighted by Gasteiger charge is -2.13. The van der Waals surface area contributed by atoms with Crippen molar-refractivity contribution < 1.29 is 37.1 Å². The number of ether oxygens (including phenoxy) is 3. The van der Waals surface area contributed by atoms with Crippen LogP contribution in [-0.4, -0.2) is 23.7 Å². The van der Waals surface area contributed by atoms with Crippen LogP contribution >= 0.6 is 0 Å². The fourth-order valence-corrected chi connectivity index (χ4v) is 3.71. The summed E-state index contributed by atoms with van der Waals surface area (Å²) in [6, 6.07) is 22.4. The molecular weight excluding hydrogens is 555 g/mol. The SMILES string of the molecule is CCOc1cc(C(=O)N/N=C/c2cccc(Oc3ccc(C(F)(F)F)cc3[N+](=O)[O-])c2)ccc1OCc1ccccc1. The van der Waals surface area contributed by atoms with Gasteiger partial charge in [-0.1, -0.05) is 42.5 Å². The highest BCUT2D eigenvalue weighted by Gasteiger charge is 2.33. The summed E-state index contributed by atoms with van der Waals surface area (Å²) >= 11 is 0. The first-order valence-corrected chi connectivity index (χ1v) is 12.5. The number of hydrogen-bond acceptors (Lipinski definition) is 7. The first-order valence-electron chi connectivity index (χ1n) is 12.5. The molecule has 0 spiro atoms. The molecule has 12 heteroatoms. The molecule has 0 aliphatic rings. The molecule has 1 N–H and O–H groups in total. The van der Waals surface area contributed by atoms with Crippen LogP contribution < -0.4 is 19.6 Å². The number of nitrogens with zero attached hydrogens (tertiary/aromatic N) is 2. The number of alkyl halides is 3. The third-order valence-corrected chi connectivity index (χ3v) is 5.69. The molecule has 0 aliphatic carbocycles. The molecule has 0 radical (unpaired) electrons. The highest BCUT2D eigenvalue weighted by Crippen LogP contribution is 2.38. The van der Waals surface area contributed by atoms with Crippen molar-refractivity contribution in [3.63, 3.8) is 0 Å². The number of rotatable bonds is 11. The van der Waals surface area contributed by atoms with Gasteiger partial charge in [0, 0.05) is 11.6 Å². The Kier molecular flexibility index (Phi) is 9.38. The molecule has 42 heavy (non-hydrogen) atoms. The molecule has 1 amide bonds. The Morgan fingerprint density at radius 2 is 1.69 bits per heavy atom. The van der Waals surface area contributed by atoms with E-state index in [1.807, 2.05) is 37.3 Å². The van der Waals surface area contributed by atoms with E-state index in [-0.39, 0.29) is 17.1 Å². The number of nitro groups is 1. The van der Waals surface area contributed by atoms with Crippen LogP contribution in [0.1, 0.15) is 34.0 Å². The summed E-state index contributed by atoms with van der Waals surface area (Å²) in [7, 11) is 0. The molecular formula is C30H24F3N3O6. The standard InChI is InChI=1S/C30H24F3N3O6/c1-2-40-28-16-22(11-13-27(28)41-19-20-7-4-3-5-8-20)29(37)35-34-18-21-9-6-10-24(15-21)42-26-14-12-23(30(31,32)33)17-25(26)36(38)39/h3-18H,2,19H2,1H3,(H,35,37)/b34-18+. The number of halogens is 3. The maximum absolute atomic E-state index is 13.0. The molecule has 0 saturated heterocycles. The number of carbonyl (C=O) groups is 1. The van der Waals surface area contributed by atoms with Gasteiger partial charge in [-0.05, 0) is 60.5 Å². The second-order valence-electron chi connectivity index (χ2n) is 8.68. The third kappa shape index (κ3) is 7.84. The van der Waals surface area contributed by atoms with Crippen LogP contribution in [-0.2, 0) is 12.8 Å². The van der Waals surface area contributed by atoms with Gasteiger partial charge in [0.25, 0.3) is 5.91 Å². The molecule has 0 aromatic heterocycles. The van der Waals surface area contributed by atoms with E-state index in [1.54, 1.807) is 30.3 Å². The van der Waals surface area contributed by atoms with E-state index in [0.29, 0.717) is 42.4 Å². The minimum absolute atomic E-state index is 0.112. The Balaban J connectivity index is 1.42. The molecule has 0 fully saturated rings. The lowest BCUT2D eigenvalue weighted by molar-refractivity contribution is -0.385. The van der Waals surface area contributed by atoms with E-state index in [0.717, 1.165) is 11.6 Å². The van der Waals surface area contributed by atoms with Crippen LogP contribution in [0.5, 0.6) is 23.0 Å². The van der Waals surface area contributed by atoms with Crippen LogP contribution in [0, 0.1) is 10.1 Å². The quantitative estimate of drug-likeness (QED) is 0.115. The first kappa shape index (κ1) is 29.6. The average Bonchev–Trinajstić information content (AvgIpc) is 2.97. The van der Waals surface area contributed by atoms with Crippen molar-refractivity contribution in [3.8, 4) is 23.0 Å². The van der Waals surface area contributed by atoms with Crippen LogP contribution in [0.2, 0.25) is 0 Å². The number of hydrazone groups is 1. The van der Waals surface area contributed by atoms with Gasteiger partial charge in [0.15, 0.2) is 11.5 Å². The Morgan fingerprint density at radius 1 is 0.929 bits per heavy atom. The van der Waals surface area contributed by atoms with Gasteiger partial charge in [-0.15, -0.1) is 0 Å². The molecule has 0 aliphatic heterocycles. The molecule has 216 valence electrons. The molecule has 0 bridgehead atoms. The summed E-state index contributed by atoms with van der Waals surface area (Å²) in [6.45, 7) is 2.50. The zero-order valence-electron chi connectivity index (χ0n) is 22.1. The van der Waals surface area contributed by atoms with E-state index in [2.05, 4.69) is 10.5 Å². The average molecular weight is 580 g/mol. The lowest BCUT2D eigenvalue weighted by Crippen LogP contribution is -2.17. The first-order chi connectivity index (χ1) is 20.1. The summed E-state index contributed by atoms with van der Waals surface area (Å²) in [5, 5.41) is 15.3. The highest BCUT2D eigenvalue weighted by atomic mass is 19.4. The lowest BCUT2D eigenvalue weighted by atomic mass is 10.2. The van der Waals surface area contributed by atoms with Crippen LogP contribution in [0.4, 0.5) is 18.9 Å². The van der Waals surface area contributed by atoms with Gasteiger partial charge in [-0.25, -0.2) is 5.43 Å². The summed E-state index contributed by atoms with van der Waals surface area (Å²) < 4.78 is 55.9. The Labute approximate surface area is 238 Å². The van der Waals surface area contributed by atoms with Gasteiger partial charge < -0.3 is 14.2 Å². The normalized spacial score (nSPS) is 11.2. The van der Waals surface area contributed by atoms with Gasteiger partial charge in [0.05, 0.1) is 23.3 Å². The zero-order valence-corrected chi connectivity index (χ0v) is 22.1. The van der Waals surface area contributed by atoms with E-state index < -0.39 is 28.3 Å². The van der Waals surface area contributed by atoms with E-state index >= 15 is 0 Å². The fraction of sp³-hybridized carbons (Fsp3) is 0.133. The predicted octanol–water partition coefficient (Wildman–Crippen LogP) is 7.15. The smallest absolute Gasteiger partial charge is 0.416 e. The number of hydrogen-bond donors (Lipinski definition) is 1. The van der Waals surface area contributed by atoms with E-state index in [4.69, 9.17) is 14.2 Å². The van der Waals surface area contributed by atoms with Gasteiger partial charge >= 0.3 is 11.9 Å². The van der Waals surface area contributed by atoms with Crippen molar-refractivity contribution in [1.29, 1.82) is 0 Å². The summed E-state index contributed by atoms with van der Waals surface area (Å²) in [6.07, 6.45) is -3.43. The largest absolute Gasteiger partial charge is 0.490 e. The van der Waals surface area contributed by atoms with Crippen molar-refractivity contribution in [2.24, 2.45) is 5.10 Å². The number of nitrogens with one attached hydrogen (secondary N) is 1. The molecule has 0 saturated carbocycles. The van der Waals surface area contributed by atoms with Crippen LogP contribution in [0.3, 0.4) is 0 Å². The second kappa shape index (κ2) is 13.3. The van der Waals surface area contributed by atoms with Crippen molar-refractivity contribution in [3.05, 3.63) is 123 Å². The monoisotopic (exact) mass is 579 g/mol. The van der Waals surface area contributed by atoms with Crippen molar-refractivity contribution in [2.45, 2.75) is 19.7 Å². The van der Waals surface area contributed by atoms with Crippen molar-refractivity contribution >= 4 is 17.8 Å². The summed E-state index contributed by atoms with van der Waals surface area (Å²) in [5.41, 5.74) is 2.10. The predicted molar refractivity (Wildman–Crippen MR) is 148 cm³/mol. The molecule has 0 heterocycles. The third-order valence-electron chi connectivity index (χ3n) is 5.69. The highest BCUT2D eigenvalue weighted by molar-refractivity contribution is 5.95. The number of nitro benzene ring substituents is 1. The maximum atomic E-state index is 13.0. The van der Waals surface area contributed by atoms with Gasteiger partial charge in [-0.3, -0.25) is 14.9 Å². The molecule has 4 aromatic carbocycles. The molecule has 0 atom stereocenters. The van der Waals surface area contributed by atoms with Gasteiger partial charge in [-0.2, -0.15) is 18.3 Å². The second-order valence-corrected chi connectivity index (χ2v) is 8.68. The topological polar surface area (TPSA) is 112 Å². The van der Waals surface area contributed by atoms with E-state index in [9.17, 15) is 28.1 Å². The summed E-state index contributed by atoms with van der Waals surface area (Å²) in [5.74, 6) is 0.102. The minimum Gasteiger partial charge on any atom is -0.490 e. The molecule has 4 aromatic rings. The number of carbonyl (C=O) groups excluding carboxylic acids is 1. The van der Waals surface area contributed by atoms with Crippen molar-refractivity contribution in [2.75, 3.05) is 6.61 Å². The minimum atomic E-state index is -4.74. The van der Waals surface area contributed by atoms with Crippen molar-refractivity contribution in [1.82, 2.24) is 5.43 Å². The Morgan fingerprint density at radius 3 is 2.40 bits per heavy atom. The molecule has 9 nitrogen and oxygen atoms in total. The van der Waals surface area contributed by atoms with Crippen LogP contribution in [0.25, 0.3) is 0 Å². The molecule has 0 unspecified atom stereocenters. The Hall–Kier alpha value is -5.39. The number of amides is 1. The Bertz CT molecular complexity index is 1590. The maximum Gasteiger partial charge on any atom is 0.416 e. The summed E-state index contributed by atoms with van der Waals surface area (Å²) in [4.78, 5) is 23.1. The zero-order chi connectivity index (χ0) is 30.1. The van der Waals surface area contributed by atoms with Gasteiger partial charge in [0.2, 0.25) is 5.75 Å². The molecule has 4 rings (SSSR count). The van der Waals surface area contributed by atoms with E-state index in [1.165, 1.54) is 18.3 Å². The van der Waals surface area contributed by atoms with Crippen LogP contribution in [0.15, 0.2) is 96.1 Å². The fourth-order valence-electron chi connectivity index (χ4n) is 3.71. The number of benzene rings is 4.